The Balaban J connectivity index is 0.869. The summed E-state index contributed by atoms with van der Waals surface area (Å²) in [5, 5.41) is 21.4. The standard InChI is InChI=1S/C41H43N9O11S2/c1-61-40-38(48-63(59,60)28-16-12-25(13-17-28)44-35(53)19-14-27-15-21-37(62-27)50(57)58)43-23-26(45-40)7-6-22-42-33(51)10-3-2-4-11-34(52)46-31-9-5-8-29-30(31)24-49(41(29)56)32-18-20-36(54)47-39(32)55/h5,8-9,12-17,19,21,23,32H,2-4,6-7,10-11,18,20,22,24H2,1H3,(H,42,51)(H,43,48)(H,44,53)(H,46,52)(H,47,54,55)/b19-14+. The van der Waals surface area contributed by atoms with Gasteiger partial charge in [-0.2, -0.15) is 0 Å². The number of aromatic nitrogens is 2. The zero-order chi connectivity index (χ0) is 45.1. The Bertz CT molecular complexity index is 2560. The summed E-state index contributed by atoms with van der Waals surface area (Å²) in [4.78, 5) is 95.2. The van der Waals surface area contributed by atoms with Crippen molar-refractivity contribution in [2.24, 2.45) is 0 Å². The topological polar surface area (TPSA) is 278 Å². The molecule has 0 spiro atoms. The maximum absolute atomic E-state index is 13.1. The maximum Gasteiger partial charge on any atom is 0.324 e. The molecule has 0 radical (unpaired) electrons. The van der Waals surface area contributed by atoms with Crippen molar-refractivity contribution >= 4 is 85.1 Å². The number of hydrogen-bond acceptors (Lipinski definition) is 14. The van der Waals surface area contributed by atoms with Crippen LogP contribution in [-0.4, -0.2) is 83.3 Å². The molecule has 1 saturated heterocycles. The van der Waals surface area contributed by atoms with Crippen molar-refractivity contribution in [2.45, 2.75) is 75.3 Å². The number of aryl methyl sites for hydroxylation is 1. The summed E-state index contributed by atoms with van der Waals surface area (Å²) in [5.74, 6) is -2.29. The number of rotatable bonds is 20. The van der Waals surface area contributed by atoms with Crippen molar-refractivity contribution in [1.29, 1.82) is 0 Å². The summed E-state index contributed by atoms with van der Waals surface area (Å²) in [6, 6.07) is 12.5. The largest absolute Gasteiger partial charge is 0.478 e. The highest BCUT2D eigenvalue weighted by Crippen LogP contribution is 2.33. The molecule has 63 heavy (non-hydrogen) atoms. The zero-order valence-electron chi connectivity index (χ0n) is 33.9. The first-order valence-corrected chi connectivity index (χ1v) is 22.1. The van der Waals surface area contributed by atoms with Crippen molar-refractivity contribution in [3.8, 4) is 5.88 Å². The molecule has 0 bridgehead atoms. The number of nitro groups is 1. The van der Waals surface area contributed by atoms with Gasteiger partial charge in [0.25, 0.3) is 21.8 Å². The molecule has 2 aliphatic heterocycles. The predicted molar refractivity (Wildman–Crippen MR) is 230 cm³/mol. The van der Waals surface area contributed by atoms with E-state index in [2.05, 4.69) is 36.0 Å². The van der Waals surface area contributed by atoms with Crippen LogP contribution in [0.1, 0.15) is 77.9 Å². The van der Waals surface area contributed by atoms with E-state index in [-0.39, 0.29) is 77.5 Å². The van der Waals surface area contributed by atoms with Crippen LogP contribution >= 0.6 is 11.3 Å². The minimum absolute atomic E-state index is 0.0526. The molecule has 1 unspecified atom stereocenters. The van der Waals surface area contributed by atoms with Gasteiger partial charge < -0.3 is 25.6 Å². The number of nitrogens with one attached hydrogen (secondary N) is 5. The van der Waals surface area contributed by atoms with Crippen molar-refractivity contribution in [3.63, 3.8) is 0 Å². The third-order valence-electron chi connectivity index (χ3n) is 9.93. The molecule has 5 N–H and O–H groups in total. The summed E-state index contributed by atoms with van der Waals surface area (Å²) in [6.45, 7) is 0.502. The van der Waals surface area contributed by atoms with E-state index in [1.165, 1.54) is 66.8 Å². The van der Waals surface area contributed by atoms with Crippen molar-refractivity contribution in [3.05, 3.63) is 98.7 Å². The molecule has 4 heterocycles. The molecule has 4 aromatic rings. The molecule has 0 saturated carbocycles. The number of fused-ring (bicyclic) bond motifs is 1. The molecule has 0 aliphatic carbocycles. The molecule has 1 fully saturated rings. The molecule has 330 valence electrons. The molecule has 1 atom stereocenters. The fourth-order valence-corrected chi connectivity index (χ4v) is 8.49. The van der Waals surface area contributed by atoms with Crippen LogP contribution in [0.2, 0.25) is 0 Å². The molecule has 2 aromatic heterocycles. The molecule has 20 nitrogen and oxygen atoms in total. The summed E-state index contributed by atoms with van der Waals surface area (Å²) in [7, 11) is -2.81. The number of sulfonamides is 1. The number of amides is 6. The number of piperidine rings is 1. The van der Waals surface area contributed by atoms with E-state index in [1.54, 1.807) is 18.2 Å². The van der Waals surface area contributed by atoms with Gasteiger partial charge in [-0.15, -0.1) is 0 Å². The number of unbranched alkanes of at least 4 members (excludes halogenated alkanes) is 2. The lowest BCUT2D eigenvalue weighted by Gasteiger charge is -2.29. The van der Waals surface area contributed by atoms with Crippen LogP contribution in [0, 0.1) is 10.1 Å². The van der Waals surface area contributed by atoms with Crippen LogP contribution in [0.5, 0.6) is 5.88 Å². The monoisotopic (exact) mass is 901 g/mol. The van der Waals surface area contributed by atoms with Crippen LogP contribution in [-0.2, 0) is 47.0 Å². The Morgan fingerprint density at radius 1 is 1.00 bits per heavy atom. The number of anilines is 3. The van der Waals surface area contributed by atoms with Gasteiger partial charge in [0.1, 0.15) is 6.04 Å². The van der Waals surface area contributed by atoms with Gasteiger partial charge in [0.15, 0.2) is 0 Å². The molecule has 22 heteroatoms. The van der Waals surface area contributed by atoms with Crippen LogP contribution in [0.4, 0.5) is 22.2 Å². The minimum Gasteiger partial charge on any atom is -0.478 e. The number of carbonyl (C=O) groups excluding carboxylic acids is 6. The quantitative estimate of drug-likeness (QED) is 0.0272. The Kier molecular flexibility index (Phi) is 14.9. The van der Waals surface area contributed by atoms with Crippen LogP contribution < -0.4 is 30.7 Å². The van der Waals surface area contributed by atoms with Gasteiger partial charge in [-0.3, -0.25) is 48.9 Å². The first-order valence-electron chi connectivity index (χ1n) is 19.8. The van der Waals surface area contributed by atoms with Crippen molar-refractivity contribution in [2.75, 3.05) is 29.0 Å². The molecule has 2 aliphatic rings. The number of benzene rings is 2. The first kappa shape index (κ1) is 45.5. The summed E-state index contributed by atoms with van der Waals surface area (Å²) < 4.78 is 33.9. The zero-order valence-corrected chi connectivity index (χ0v) is 35.5. The fourth-order valence-electron chi connectivity index (χ4n) is 6.76. The Morgan fingerprint density at radius 3 is 2.48 bits per heavy atom. The van der Waals surface area contributed by atoms with Crippen LogP contribution in [0.25, 0.3) is 6.08 Å². The van der Waals surface area contributed by atoms with Crippen molar-refractivity contribution < 1.29 is 46.8 Å². The molecule has 2 aromatic carbocycles. The van der Waals surface area contributed by atoms with E-state index in [1.807, 2.05) is 0 Å². The van der Waals surface area contributed by atoms with Crippen LogP contribution in [0.3, 0.4) is 0 Å². The van der Waals surface area contributed by atoms with E-state index < -0.39 is 32.8 Å². The second kappa shape index (κ2) is 20.7. The number of thiophene rings is 1. The van der Waals surface area contributed by atoms with Gasteiger partial charge in [-0.1, -0.05) is 23.8 Å². The molecule has 6 rings (SSSR count). The van der Waals surface area contributed by atoms with Gasteiger partial charge in [0, 0.05) is 71.9 Å². The van der Waals surface area contributed by atoms with Gasteiger partial charge in [0.05, 0.1) is 28.8 Å². The van der Waals surface area contributed by atoms with E-state index >= 15 is 0 Å². The molecular formula is C41H43N9O11S2. The summed E-state index contributed by atoms with van der Waals surface area (Å²) in [5.41, 5.74) is 2.34. The minimum atomic E-state index is -4.14. The lowest BCUT2D eigenvalue weighted by molar-refractivity contribution is -0.380. The smallest absolute Gasteiger partial charge is 0.324 e. The van der Waals surface area contributed by atoms with E-state index in [0.29, 0.717) is 71.7 Å². The third kappa shape index (κ3) is 12.1. The highest BCUT2D eigenvalue weighted by atomic mass is 32.2. The number of nitrogens with zero attached hydrogens (tertiary/aromatic N) is 4. The number of imide groups is 1. The second-order valence-electron chi connectivity index (χ2n) is 14.4. The normalized spacial score (nSPS) is 14.8. The Hall–Kier alpha value is -7.07. The highest BCUT2D eigenvalue weighted by Gasteiger charge is 2.40. The summed E-state index contributed by atoms with van der Waals surface area (Å²) >= 11 is 0.916. The number of methoxy groups -OCH3 is 1. The average molecular weight is 902 g/mol. The Morgan fingerprint density at radius 2 is 1.76 bits per heavy atom. The Labute approximate surface area is 365 Å². The fraction of sp³-hybridized carbons (Fsp3) is 0.317. The molecule has 6 amide bonds. The molecular weight excluding hydrogens is 859 g/mol. The first-order chi connectivity index (χ1) is 30.2. The van der Waals surface area contributed by atoms with Gasteiger partial charge in [0.2, 0.25) is 35.4 Å². The maximum atomic E-state index is 13.1. The van der Waals surface area contributed by atoms with E-state index in [9.17, 15) is 47.3 Å². The number of ether oxygens (including phenoxy) is 1. The third-order valence-corrected chi connectivity index (χ3v) is 12.3. The predicted octanol–water partition coefficient (Wildman–Crippen LogP) is 4.31. The SMILES string of the molecule is COc1nc(CCCNC(=O)CCCCCC(=O)Nc2cccc3c2CN(C2CCC(=O)NC2=O)C3=O)cnc1NS(=O)(=O)c1ccc(NC(=O)/C=C/c2ccc([N+](=O)[O-])s2)cc1. The second-order valence-corrected chi connectivity index (χ2v) is 17.2. The number of carbonyl (C=O) groups is 6. The van der Waals surface area contributed by atoms with Crippen LogP contribution in [0.15, 0.2) is 71.8 Å². The average Bonchev–Trinajstić information content (AvgIpc) is 3.87. The number of hydrogen-bond donors (Lipinski definition) is 5. The van der Waals surface area contributed by atoms with E-state index in [0.717, 1.165) is 11.3 Å². The van der Waals surface area contributed by atoms with Gasteiger partial charge in [-0.05, 0) is 80.6 Å². The van der Waals surface area contributed by atoms with E-state index in [4.69, 9.17) is 4.74 Å². The van der Waals surface area contributed by atoms with Gasteiger partial charge >= 0.3 is 5.00 Å². The lowest BCUT2D eigenvalue weighted by atomic mass is 10.0. The highest BCUT2D eigenvalue weighted by molar-refractivity contribution is 7.92. The van der Waals surface area contributed by atoms with Gasteiger partial charge in [-0.25, -0.2) is 18.4 Å². The van der Waals surface area contributed by atoms with Crippen molar-refractivity contribution in [1.82, 2.24) is 25.5 Å². The lowest BCUT2D eigenvalue weighted by Crippen LogP contribution is -2.52. The summed E-state index contributed by atoms with van der Waals surface area (Å²) in [6.07, 6.45) is 7.59.